The van der Waals surface area contributed by atoms with Crippen LogP contribution < -0.4 is 4.74 Å². The predicted molar refractivity (Wildman–Crippen MR) is 67.5 cm³/mol. The molecule has 3 heteroatoms. The van der Waals surface area contributed by atoms with Crippen molar-refractivity contribution >= 4 is 8.46 Å². The van der Waals surface area contributed by atoms with Crippen LogP contribution in [0.15, 0.2) is 24.3 Å². The van der Waals surface area contributed by atoms with Gasteiger partial charge in [-0.1, -0.05) is 32.9 Å². The SMILES string of the molecule is CC(C)(Oc1ccc(C(C)(C)C)cc1)P=O. The molecule has 0 radical (unpaired) electrons. The molecule has 0 aliphatic carbocycles. The summed E-state index contributed by atoms with van der Waals surface area (Å²) in [5, 5.41) is -0.663. The number of benzene rings is 1. The van der Waals surface area contributed by atoms with E-state index >= 15 is 0 Å². The van der Waals surface area contributed by atoms with Gasteiger partial charge in [0.15, 0.2) is 5.34 Å². The average molecular weight is 238 g/mol. The van der Waals surface area contributed by atoms with E-state index in [2.05, 4.69) is 20.8 Å². The Morgan fingerprint density at radius 3 is 1.88 bits per heavy atom. The molecule has 88 valence electrons. The maximum atomic E-state index is 10.8. The number of hydrogen-bond acceptors (Lipinski definition) is 2. The third-order valence-electron chi connectivity index (χ3n) is 2.31. The molecule has 0 unspecified atom stereocenters. The molecule has 0 spiro atoms. The molecular weight excluding hydrogens is 219 g/mol. The highest BCUT2D eigenvalue weighted by Gasteiger charge is 2.20. The van der Waals surface area contributed by atoms with Gasteiger partial charge in [-0.25, -0.2) is 0 Å². The third-order valence-corrected chi connectivity index (χ3v) is 2.84. The van der Waals surface area contributed by atoms with Crippen LogP contribution in [0.2, 0.25) is 0 Å². The highest BCUT2D eigenvalue weighted by atomic mass is 31.1. The minimum absolute atomic E-state index is 0.00821. The standard InChI is InChI=1S/C13H19O2P/c1-12(2,3)10-6-8-11(9-7-10)15-13(4,5)16-14/h6-9H,1-5H3. The zero-order chi connectivity index (χ0) is 12.4. The Bertz CT molecular complexity index is 361. The van der Waals surface area contributed by atoms with Crippen molar-refractivity contribution in [2.75, 3.05) is 0 Å². The van der Waals surface area contributed by atoms with Crippen molar-refractivity contribution in [1.29, 1.82) is 0 Å². The van der Waals surface area contributed by atoms with Crippen molar-refractivity contribution in [1.82, 2.24) is 0 Å². The van der Waals surface area contributed by atoms with Crippen LogP contribution >= 0.6 is 8.46 Å². The van der Waals surface area contributed by atoms with E-state index in [9.17, 15) is 4.57 Å². The van der Waals surface area contributed by atoms with Crippen LogP contribution in [0.25, 0.3) is 0 Å². The fraction of sp³-hybridized carbons (Fsp3) is 0.538. The molecule has 0 aliphatic rings. The van der Waals surface area contributed by atoms with Crippen molar-refractivity contribution < 1.29 is 9.30 Å². The van der Waals surface area contributed by atoms with E-state index in [1.807, 2.05) is 24.3 Å². The second-order valence-corrected chi connectivity index (χ2v) is 6.67. The number of rotatable bonds is 3. The summed E-state index contributed by atoms with van der Waals surface area (Å²) in [6, 6.07) is 7.95. The molecule has 0 atom stereocenters. The van der Waals surface area contributed by atoms with Gasteiger partial charge in [-0.15, -0.1) is 0 Å². The molecule has 1 rings (SSSR count). The van der Waals surface area contributed by atoms with Crippen LogP contribution in [0.4, 0.5) is 0 Å². The average Bonchev–Trinajstić information content (AvgIpc) is 2.16. The lowest BCUT2D eigenvalue weighted by Gasteiger charge is -2.21. The first-order chi connectivity index (χ1) is 7.24. The summed E-state index contributed by atoms with van der Waals surface area (Å²) < 4.78 is 16.4. The summed E-state index contributed by atoms with van der Waals surface area (Å²) in [6.45, 7) is 10.1. The molecule has 1 aromatic rings. The minimum atomic E-state index is -0.663. The number of hydrogen-bond donors (Lipinski definition) is 0. The van der Waals surface area contributed by atoms with Crippen molar-refractivity contribution in [2.45, 2.75) is 45.4 Å². The van der Waals surface area contributed by atoms with Crippen LogP contribution in [-0.4, -0.2) is 5.34 Å². The van der Waals surface area contributed by atoms with E-state index in [0.717, 1.165) is 5.75 Å². The Labute approximate surface area is 99.2 Å². The van der Waals surface area contributed by atoms with E-state index in [-0.39, 0.29) is 13.9 Å². The first kappa shape index (κ1) is 13.2. The Hall–Kier alpha value is -0.880. The molecule has 0 aromatic heterocycles. The summed E-state index contributed by atoms with van der Waals surface area (Å²) in [6.07, 6.45) is 0. The molecule has 0 heterocycles. The molecule has 0 fully saturated rings. The van der Waals surface area contributed by atoms with Gasteiger partial charge in [0.2, 0.25) is 8.46 Å². The monoisotopic (exact) mass is 238 g/mol. The lowest BCUT2D eigenvalue weighted by molar-refractivity contribution is 0.199. The molecule has 0 aliphatic heterocycles. The van der Waals surface area contributed by atoms with Crippen molar-refractivity contribution in [3.05, 3.63) is 29.8 Å². The summed E-state index contributed by atoms with van der Waals surface area (Å²) in [5.41, 5.74) is 1.41. The summed E-state index contributed by atoms with van der Waals surface area (Å²) in [5.74, 6) is 0.751. The largest absolute Gasteiger partial charge is 0.476 e. The van der Waals surface area contributed by atoms with E-state index < -0.39 is 5.34 Å². The summed E-state index contributed by atoms with van der Waals surface area (Å²) in [7, 11) is -0.00821. The normalized spacial score (nSPS) is 12.8. The Morgan fingerprint density at radius 1 is 1.00 bits per heavy atom. The zero-order valence-corrected chi connectivity index (χ0v) is 11.5. The first-order valence-corrected chi connectivity index (χ1v) is 6.20. The topological polar surface area (TPSA) is 26.3 Å². The van der Waals surface area contributed by atoms with Crippen molar-refractivity contribution in [3.8, 4) is 5.75 Å². The lowest BCUT2D eigenvalue weighted by atomic mass is 9.87. The molecule has 0 saturated heterocycles. The lowest BCUT2D eigenvalue weighted by Crippen LogP contribution is -2.20. The first-order valence-electron chi connectivity index (χ1n) is 5.39. The van der Waals surface area contributed by atoms with Gasteiger partial charge < -0.3 is 4.74 Å². The second kappa shape index (κ2) is 4.55. The van der Waals surface area contributed by atoms with Gasteiger partial charge in [-0.05, 0) is 37.0 Å². The molecule has 1 aromatic carbocycles. The highest BCUT2D eigenvalue weighted by Crippen LogP contribution is 2.29. The van der Waals surface area contributed by atoms with E-state index in [4.69, 9.17) is 4.74 Å². The second-order valence-electron chi connectivity index (χ2n) is 5.41. The molecule has 0 saturated carbocycles. The molecule has 16 heavy (non-hydrogen) atoms. The maximum absolute atomic E-state index is 10.8. The predicted octanol–water partition coefficient (Wildman–Crippen LogP) is 4.39. The molecule has 0 N–H and O–H groups in total. The van der Waals surface area contributed by atoms with Crippen LogP contribution in [0.5, 0.6) is 5.75 Å². The number of ether oxygens (including phenoxy) is 1. The van der Waals surface area contributed by atoms with Crippen molar-refractivity contribution in [2.24, 2.45) is 0 Å². The molecule has 0 amide bonds. The zero-order valence-electron chi connectivity index (χ0n) is 10.6. The van der Waals surface area contributed by atoms with Gasteiger partial charge in [0, 0.05) is 0 Å². The van der Waals surface area contributed by atoms with Gasteiger partial charge in [-0.2, -0.15) is 0 Å². The summed E-state index contributed by atoms with van der Waals surface area (Å²) in [4.78, 5) is 0. The van der Waals surface area contributed by atoms with Crippen molar-refractivity contribution in [3.63, 3.8) is 0 Å². The molecular formula is C13H19O2P. The van der Waals surface area contributed by atoms with E-state index in [1.165, 1.54) is 5.56 Å². The van der Waals surface area contributed by atoms with Crippen LogP contribution in [0.1, 0.15) is 40.2 Å². The van der Waals surface area contributed by atoms with Crippen LogP contribution in [-0.2, 0) is 9.98 Å². The maximum Gasteiger partial charge on any atom is 0.203 e. The fourth-order valence-corrected chi connectivity index (χ4v) is 1.47. The van der Waals surface area contributed by atoms with E-state index in [0.29, 0.717) is 0 Å². The fourth-order valence-electron chi connectivity index (χ4n) is 1.33. The Morgan fingerprint density at radius 2 is 1.50 bits per heavy atom. The van der Waals surface area contributed by atoms with Gasteiger partial charge in [-0.3, -0.25) is 4.57 Å². The Kier molecular flexibility index (Phi) is 3.75. The van der Waals surface area contributed by atoms with Gasteiger partial charge in [0.1, 0.15) is 5.75 Å². The third kappa shape index (κ3) is 3.61. The van der Waals surface area contributed by atoms with Gasteiger partial charge in [0.05, 0.1) is 0 Å². The smallest absolute Gasteiger partial charge is 0.203 e. The quantitative estimate of drug-likeness (QED) is 0.730. The minimum Gasteiger partial charge on any atom is -0.476 e. The molecule has 0 bridgehead atoms. The van der Waals surface area contributed by atoms with Crippen LogP contribution in [0, 0.1) is 0 Å². The summed E-state index contributed by atoms with van der Waals surface area (Å²) >= 11 is 0. The Balaban J connectivity index is 2.84. The highest BCUT2D eigenvalue weighted by molar-refractivity contribution is 7.25. The molecule has 2 nitrogen and oxygen atoms in total. The van der Waals surface area contributed by atoms with E-state index in [1.54, 1.807) is 13.8 Å². The van der Waals surface area contributed by atoms with Gasteiger partial charge in [0.25, 0.3) is 0 Å². The van der Waals surface area contributed by atoms with Crippen LogP contribution in [0.3, 0.4) is 0 Å². The van der Waals surface area contributed by atoms with Gasteiger partial charge >= 0.3 is 0 Å².